The Morgan fingerprint density at radius 2 is 1.63 bits per heavy atom. The summed E-state index contributed by atoms with van der Waals surface area (Å²) in [6.45, 7) is 2.06. The van der Waals surface area contributed by atoms with Crippen molar-refractivity contribution in [2.75, 3.05) is 19.8 Å². The van der Waals surface area contributed by atoms with Crippen LogP contribution in [0.25, 0.3) is 0 Å². The lowest BCUT2D eigenvalue weighted by Gasteiger charge is -2.22. The molecule has 2 aromatic carbocycles. The van der Waals surface area contributed by atoms with Crippen LogP contribution in [0.5, 0.6) is 0 Å². The highest BCUT2D eigenvalue weighted by Gasteiger charge is 2.58. The molecule has 3 aliphatic rings. The predicted molar refractivity (Wildman–Crippen MR) is 105 cm³/mol. The molecule has 0 aromatic heterocycles. The fourth-order valence-corrected chi connectivity index (χ4v) is 4.53. The van der Waals surface area contributed by atoms with Gasteiger partial charge in [0, 0.05) is 0 Å². The fraction of sp³-hybridized carbons (Fsp3) is 0.500. The summed E-state index contributed by atoms with van der Waals surface area (Å²) in [6.07, 6.45) is 7.14. The highest BCUT2D eigenvalue weighted by Crippen LogP contribution is 2.57. The van der Waals surface area contributed by atoms with Crippen molar-refractivity contribution in [2.24, 2.45) is 0 Å². The Hall–Kier alpha value is -1.68. The molecule has 3 atom stereocenters. The number of hydrogen-bond donors (Lipinski definition) is 0. The summed E-state index contributed by atoms with van der Waals surface area (Å²) in [7, 11) is 0. The number of ether oxygens (including phenoxy) is 3. The molecule has 0 N–H and O–H groups in total. The summed E-state index contributed by atoms with van der Waals surface area (Å²) in [5.74, 6) is 0.733. The summed E-state index contributed by atoms with van der Waals surface area (Å²) in [5, 5.41) is 0. The maximum Gasteiger partial charge on any atom is 0.147 e. The van der Waals surface area contributed by atoms with Crippen molar-refractivity contribution in [1.29, 1.82) is 0 Å². The fourth-order valence-electron chi connectivity index (χ4n) is 4.53. The highest BCUT2D eigenvalue weighted by molar-refractivity contribution is 5.38. The van der Waals surface area contributed by atoms with Crippen molar-refractivity contribution in [3.8, 4) is 0 Å². The monoisotopic (exact) mass is 364 g/mol. The van der Waals surface area contributed by atoms with Crippen LogP contribution < -0.4 is 0 Å². The first-order chi connectivity index (χ1) is 13.4. The maximum atomic E-state index is 6.30. The summed E-state index contributed by atoms with van der Waals surface area (Å²) in [6, 6.07) is 19.7. The molecule has 2 aliphatic heterocycles. The van der Waals surface area contributed by atoms with E-state index in [2.05, 4.69) is 48.5 Å². The highest BCUT2D eigenvalue weighted by atomic mass is 16.6. The van der Waals surface area contributed by atoms with E-state index >= 15 is 0 Å². The zero-order chi connectivity index (χ0) is 18.1. The second kappa shape index (κ2) is 7.38. The van der Waals surface area contributed by atoms with Crippen LogP contribution in [0.1, 0.15) is 60.8 Å². The van der Waals surface area contributed by atoms with Gasteiger partial charge in [-0.15, -0.1) is 0 Å². The van der Waals surface area contributed by atoms with Gasteiger partial charge in [0.05, 0.1) is 19.8 Å². The molecular formula is C24H28O3. The van der Waals surface area contributed by atoms with Crippen LogP contribution in [-0.2, 0) is 19.8 Å². The van der Waals surface area contributed by atoms with Crippen LogP contribution in [-0.4, -0.2) is 25.9 Å². The van der Waals surface area contributed by atoms with Crippen LogP contribution >= 0.6 is 0 Å². The smallest absolute Gasteiger partial charge is 0.147 e. The molecule has 0 amide bonds. The van der Waals surface area contributed by atoms with Crippen molar-refractivity contribution >= 4 is 0 Å². The first-order valence-corrected chi connectivity index (χ1v) is 10.4. The van der Waals surface area contributed by atoms with E-state index in [1.807, 2.05) is 6.07 Å². The Labute approximate surface area is 161 Å². The summed E-state index contributed by atoms with van der Waals surface area (Å²) in [5.41, 5.74) is 3.58. The lowest BCUT2D eigenvalue weighted by molar-refractivity contribution is 0.0671. The van der Waals surface area contributed by atoms with Crippen molar-refractivity contribution in [1.82, 2.24) is 0 Å². The molecule has 3 nitrogen and oxygen atoms in total. The molecule has 2 heterocycles. The molecule has 2 saturated heterocycles. The Morgan fingerprint density at radius 1 is 0.889 bits per heavy atom. The van der Waals surface area contributed by atoms with Crippen molar-refractivity contribution < 1.29 is 14.2 Å². The van der Waals surface area contributed by atoms with Gasteiger partial charge in [0.1, 0.15) is 17.8 Å². The quantitative estimate of drug-likeness (QED) is 0.640. The lowest BCUT2D eigenvalue weighted by Crippen LogP contribution is -2.20. The van der Waals surface area contributed by atoms with E-state index in [1.165, 1.54) is 48.8 Å². The molecule has 27 heavy (non-hydrogen) atoms. The minimum Gasteiger partial charge on any atom is -0.375 e. The molecule has 2 aromatic rings. The van der Waals surface area contributed by atoms with Gasteiger partial charge in [0.2, 0.25) is 0 Å². The molecule has 3 heteroatoms. The Balaban J connectivity index is 1.35. The number of epoxide rings is 2. The van der Waals surface area contributed by atoms with Gasteiger partial charge in [-0.3, -0.25) is 0 Å². The third-order valence-electron chi connectivity index (χ3n) is 6.30. The van der Waals surface area contributed by atoms with E-state index in [0.717, 1.165) is 12.5 Å². The van der Waals surface area contributed by atoms with Gasteiger partial charge < -0.3 is 14.2 Å². The van der Waals surface area contributed by atoms with E-state index in [1.54, 1.807) is 0 Å². The van der Waals surface area contributed by atoms with E-state index in [-0.39, 0.29) is 17.8 Å². The zero-order valence-electron chi connectivity index (χ0n) is 15.8. The second-order valence-corrected chi connectivity index (χ2v) is 8.23. The van der Waals surface area contributed by atoms with Gasteiger partial charge in [-0.25, -0.2) is 0 Å². The molecule has 0 radical (unpaired) electrons. The maximum absolute atomic E-state index is 6.30. The second-order valence-electron chi connectivity index (χ2n) is 8.23. The topological polar surface area (TPSA) is 34.3 Å². The van der Waals surface area contributed by atoms with Gasteiger partial charge in [-0.1, -0.05) is 73.9 Å². The number of benzene rings is 2. The van der Waals surface area contributed by atoms with Crippen LogP contribution in [0.2, 0.25) is 0 Å². The molecule has 1 aliphatic carbocycles. The van der Waals surface area contributed by atoms with Crippen LogP contribution in [0.4, 0.5) is 0 Å². The van der Waals surface area contributed by atoms with Gasteiger partial charge in [0.15, 0.2) is 0 Å². The van der Waals surface area contributed by atoms with Crippen molar-refractivity contribution in [3.05, 3.63) is 71.3 Å². The Morgan fingerprint density at radius 3 is 2.33 bits per heavy atom. The zero-order valence-corrected chi connectivity index (χ0v) is 15.8. The van der Waals surface area contributed by atoms with E-state index in [9.17, 15) is 0 Å². The average molecular weight is 364 g/mol. The molecule has 0 bridgehead atoms. The molecule has 142 valence electrons. The van der Waals surface area contributed by atoms with Gasteiger partial charge >= 0.3 is 0 Å². The van der Waals surface area contributed by atoms with Crippen molar-refractivity contribution in [3.63, 3.8) is 0 Å². The number of hydrogen-bond acceptors (Lipinski definition) is 3. The SMILES string of the molecule is c1ccc(C2OC2(COCC2CO2)c2ccc(C3CCCCC3)cc2)cc1. The summed E-state index contributed by atoms with van der Waals surface area (Å²) >= 11 is 0. The van der Waals surface area contributed by atoms with E-state index in [4.69, 9.17) is 14.2 Å². The minimum atomic E-state index is -0.360. The number of rotatable bonds is 7. The third kappa shape index (κ3) is 3.69. The molecule has 1 saturated carbocycles. The van der Waals surface area contributed by atoms with Gasteiger partial charge in [-0.05, 0) is 35.4 Å². The minimum absolute atomic E-state index is 0.0688. The Kier molecular flexibility index (Phi) is 4.76. The average Bonchev–Trinajstić information content (AvgIpc) is 3.66. The molecule has 3 unspecified atom stereocenters. The molecular weight excluding hydrogens is 336 g/mol. The van der Waals surface area contributed by atoms with E-state index in [0.29, 0.717) is 13.2 Å². The summed E-state index contributed by atoms with van der Waals surface area (Å²) in [4.78, 5) is 0. The van der Waals surface area contributed by atoms with Crippen LogP contribution in [0.15, 0.2) is 54.6 Å². The van der Waals surface area contributed by atoms with Crippen molar-refractivity contribution in [2.45, 2.75) is 55.8 Å². The standard InChI is InChI=1S/C24H28O3/c1-3-7-18(8-4-1)19-11-13-21(14-12-19)24(17-25-15-22-16-26-22)23(27-24)20-9-5-2-6-10-20/h2,5-6,9-14,18,22-23H,1,3-4,7-8,15-17H2. The molecule has 0 spiro atoms. The third-order valence-corrected chi connectivity index (χ3v) is 6.30. The van der Waals surface area contributed by atoms with E-state index < -0.39 is 0 Å². The normalized spacial score (nSPS) is 30.2. The molecule has 3 fully saturated rings. The van der Waals surface area contributed by atoms with Gasteiger partial charge in [0.25, 0.3) is 0 Å². The van der Waals surface area contributed by atoms with Gasteiger partial charge in [-0.2, -0.15) is 0 Å². The first kappa shape index (κ1) is 17.4. The lowest BCUT2D eigenvalue weighted by atomic mass is 9.83. The summed E-state index contributed by atoms with van der Waals surface area (Å²) < 4.78 is 17.6. The van der Waals surface area contributed by atoms with Crippen LogP contribution in [0.3, 0.4) is 0 Å². The first-order valence-electron chi connectivity index (χ1n) is 10.4. The van der Waals surface area contributed by atoms with Crippen LogP contribution in [0, 0.1) is 0 Å². The predicted octanol–water partition coefficient (Wildman–Crippen LogP) is 5.12. The largest absolute Gasteiger partial charge is 0.375 e. The Bertz CT molecular complexity index is 747. The molecule has 5 rings (SSSR count).